The molecule has 1 aromatic heterocycles. The molecule has 200 valence electrons. The van der Waals surface area contributed by atoms with Gasteiger partial charge in [0.1, 0.15) is 23.9 Å². The van der Waals surface area contributed by atoms with E-state index < -0.39 is 11.8 Å². The van der Waals surface area contributed by atoms with Crippen LogP contribution < -0.4 is 9.47 Å². The minimum absolute atomic E-state index is 0.0148. The maximum atomic E-state index is 15.0. The molecular formula is C32H31FN2O4. The lowest BCUT2D eigenvalue weighted by Crippen LogP contribution is -2.09. The van der Waals surface area contributed by atoms with E-state index in [1.807, 2.05) is 50.2 Å². The molecule has 1 heterocycles. The van der Waals surface area contributed by atoms with Crippen molar-refractivity contribution in [3.05, 3.63) is 95.1 Å². The average Bonchev–Trinajstić information content (AvgIpc) is 3.76. The third-order valence-corrected chi connectivity index (χ3v) is 7.00. The number of carboxylic acids is 1. The lowest BCUT2D eigenvalue weighted by molar-refractivity contribution is -0.137. The van der Waals surface area contributed by atoms with Gasteiger partial charge in [-0.25, -0.2) is 9.37 Å². The number of nitrogens with zero attached hydrogens (tertiary/aromatic N) is 2. The van der Waals surface area contributed by atoms with Crippen LogP contribution in [0.25, 0.3) is 22.5 Å². The van der Waals surface area contributed by atoms with E-state index in [9.17, 15) is 14.3 Å². The summed E-state index contributed by atoms with van der Waals surface area (Å²) in [5, 5.41) is 9.37. The third-order valence-electron chi connectivity index (χ3n) is 7.00. The smallest absolute Gasteiger partial charge is 0.303 e. The van der Waals surface area contributed by atoms with Crippen LogP contribution in [-0.4, -0.2) is 28.2 Å². The SMILES string of the molecule is COc1ccc(F)c(-c2ncc(COc3cccc(C(CC(=O)O)C4CC4)c3)nc2-c2cc(C)cc(C)c2)c1. The Bertz CT molecular complexity index is 1500. The Kier molecular flexibility index (Phi) is 7.59. The minimum atomic E-state index is -0.792. The fourth-order valence-corrected chi connectivity index (χ4v) is 5.05. The van der Waals surface area contributed by atoms with Crippen LogP contribution in [0.3, 0.4) is 0 Å². The molecule has 0 saturated heterocycles. The first-order valence-electron chi connectivity index (χ1n) is 13.0. The molecule has 0 amide bonds. The molecule has 39 heavy (non-hydrogen) atoms. The van der Waals surface area contributed by atoms with Gasteiger partial charge in [0.15, 0.2) is 0 Å². The van der Waals surface area contributed by atoms with Gasteiger partial charge in [0.25, 0.3) is 0 Å². The molecule has 1 N–H and O–H groups in total. The van der Waals surface area contributed by atoms with Crippen molar-refractivity contribution in [1.29, 1.82) is 0 Å². The Morgan fingerprint density at radius 1 is 1.03 bits per heavy atom. The van der Waals surface area contributed by atoms with E-state index >= 15 is 0 Å². The number of aliphatic carboxylic acids is 1. The molecule has 7 heteroatoms. The highest BCUT2D eigenvalue weighted by Crippen LogP contribution is 2.45. The van der Waals surface area contributed by atoms with Crippen LogP contribution in [0.4, 0.5) is 4.39 Å². The van der Waals surface area contributed by atoms with Crippen LogP contribution in [-0.2, 0) is 11.4 Å². The molecule has 1 fully saturated rings. The second-order valence-corrected chi connectivity index (χ2v) is 10.2. The van der Waals surface area contributed by atoms with E-state index in [1.165, 1.54) is 13.2 Å². The number of benzene rings is 3. The summed E-state index contributed by atoms with van der Waals surface area (Å²) in [6.07, 6.45) is 3.82. The molecule has 0 radical (unpaired) electrons. The fraction of sp³-hybridized carbons (Fsp3) is 0.281. The molecule has 0 aliphatic heterocycles. The van der Waals surface area contributed by atoms with Crippen LogP contribution in [0.15, 0.2) is 66.9 Å². The predicted octanol–water partition coefficient (Wildman–Crippen LogP) is 7.12. The third kappa shape index (κ3) is 6.25. The Morgan fingerprint density at radius 3 is 2.49 bits per heavy atom. The lowest BCUT2D eigenvalue weighted by atomic mass is 9.91. The molecule has 1 saturated carbocycles. The second kappa shape index (κ2) is 11.2. The zero-order chi connectivity index (χ0) is 27.5. The number of hydrogen-bond acceptors (Lipinski definition) is 5. The summed E-state index contributed by atoms with van der Waals surface area (Å²) < 4.78 is 26.4. The standard InChI is InChI=1S/C32H31FN2O4/c1-19-11-20(2)13-23(12-19)31-32(28-15-25(38-3)9-10-29(28)33)34-17-24(35-31)18-39-26-6-4-5-22(14-26)27(16-30(36)37)21-7-8-21/h4-6,9-15,17,21,27H,7-8,16,18H2,1-3H3,(H,36,37). The number of methoxy groups -OCH3 is 1. The molecule has 1 unspecified atom stereocenters. The van der Waals surface area contributed by atoms with Crippen molar-refractivity contribution in [2.75, 3.05) is 7.11 Å². The van der Waals surface area contributed by atoms with Gasteiger partial charge in [-0.2, -0.15) is 0 Å². The highest BCUT2D eigenvalue weighted by atomic mass is 19.1. The summed E-state index contributed by atoms with van der Waals surface area (Å²) in [6, 6.07) is 18.3. The van der Waals surface area contributed by atoms with Crippen molar-refractivity contribution < 1.29 is 23.8 Å². The number of halogens is 1. The molecule has 1 atom stereocenters. The topological polar surface area (TPSA) is 81.5 Å². The first-order chi connectivity index (χ1) is 18.8. The van der Waals surface area contributed by atoms with Crippen LogP contribution in [0, 0.1) is 25.6 Å². The molecular weight excluding hydrogens is 495 g/mol. The largest absolute Gasteiger partial charge is 0.497 e. The van der Waals surface area contributed by atoms with Crippen molar-refractivity contribution in [3.63, 3.8) is 0 Å². The van der Waals surface area contributed by atoms with Crippen LogP contribution in [0.5, 0.6) is 11.5 Å². The first kappa shape index (κ1) is 26.4. The summed E-state index contributed by atoms with van der Waals surface area (Å²) in [7, 11) is 1.54. The molecule has 5 rings (SSSR count). The number of carbonyl (C=O) groups is 1. The minimum Gasteiger partial charge on any atom is -0.497 e. The van der Waals surface area contributed by atoms with E-state index in [1.54, 1.807) is 18.3 Å². The quantitative estimate of drug-likeness (QED) is 0.237. The number of aromatic nitrogens is 2. The molecule has 4 aromatic rings. The van der Waals surface area contributed by atoms with Crippen molar-refractivity contribution >= 4 is 5.97 Å². The van der Waals surface area contributed by atoms with E-state index in [0.29, 0.717) is 40.1 Å². The van der Waals surface area contributed by atoms with Crippen molar-refractivity contribution in [3.8, 4) is 34.0 Å². The Hall–Kier alpha value is -4.26. The molecule has 1 aliphatic rings. The van der Waals surface area contributed by atoms with E-state index in [-0.39, 0.29) is 18.9 Å². The lowest BCUT2D eigenvalue weighted by Gasteiger charge is -2.16. The summed E-state index contributed by atoms with van der Waals surface area (Å²) in [5.74, 6) is 0.356. The molecule has 6 nitrogen and oxygen atoms in total. The number of carboxylic acid groups (broad SMARTS) is 1. The van der Waals surface area contributed by atoms with E-state index in [0.717, 1.165) is 35.1 Å². The van der Waals surface area contributed by atoms with Gasteiger partial charge in [0.2, 0.25) is 0 Å². The average molecular weight is 527 g/mol. The monoisotopic (exact) mass is 526 g/mol. The van der Waals surface area contributed by atoms with Crippen molar-refractivity contribution in [2.24, 2.45) is 5.92 Å². The maximum absolute atomic E-state index is 15.0. The van der Waals surface area contributed by atoms with Gasteiger partial charge in [0.05, 0.1) is 36.8 Å². The highest BCUT2D eigenvalue weighted by molar-refractivity contribution is 5.79. The Labute approximate surface area is 227 Å². The zero-order valence-electron chi connectivity index (χ0n) is 22.3. The van der Waals surface area contributed by atoms with Gasteiger partial charge in [0, 0.05) is 11.1 Å². The summed E-state index contributed by atoms with van der Waals surface area (Å²) in [5.41, 5.74) is 5.81. The molecule has 3 aromatic carbocycles. The number of hydrogen-bond donors (Lipinski definition) is 1. The molecule has 0 spiro atoms. The van der Waals surface area contributed by atoms with Crippen LogP contribution in [0.2, 0.25) is 0 Å². The van der Waals surface area contributed by atoms with Crippen molar-refractivity contribution in [2.45, 2.75) is 45.6 Å². The Balaban J connectivity index is 1.47. The van der Waals surface area contributed by atoms with Crippen molar-refractivity contribution in [1.82, 2.24) is 9.97 Å². The van der Waals surface area contributed by atoms with Gasteiger partial charge >= 0.3 is 5.97 Å². The number of aryl methyl sites for hydroxylation is 2. The maximum Gasteiger partial charge on any atom is 0.303 e. The van der Waals surface area contributed by atoms with Gasteiger partial charge in [-0.15, -0.1) is 0 Å². The van der Waals surface area contributed by atoms with Gasteiger partial charge in [-0.3, -0.25) is 9.78 Å². The normalized spacial score (nSPS) is 13.6. The van der Waals surface area contributed by atoms with Gasteiger partial charge in [-0.1, -0.05) is 29.3 Å². The highest BCUT2D eigenvalue weighted by Gasteiger charge is 2.33. The van der Waals surface area contributed by atoms with Crippen LogP contribution >= 0.6 is 0 Å². The number of rotatable bonds is 10. The molecule has 1 aliphatic carbocycles. The Morgan fingerprint density at radius 2 is 1.79 bits per heavy atom. The van der Waals surface area contributed by atoms with E-state index in [4.69, 9.17) is 14.5 Å². The predicted molar refractivity (Wildman–Crippen MR) is 147 cm³/mol. The summed E-state index contributed by atoms with van der Waals surface area (Å²) >= 11 is 0. The van der Waals surface area contributed by atoms with Crippen LogP contribution in [0.1, 0.15) is 47.6 Å². The summed E-state index contributed by atoms with van der Waals surface area (Å²) in [4.78, 5) is 20.9. The second-order valence-electron chi connectivity index (χ2n) is 10.2. The molecule has 0 bridgehead atoms. The first-order valence-corrected chi connectivity index (χ1v) is 13.0. The van der Waals surface area contributed by atoms with E-state index in [2.05, 4.69) is 11.1 Å². The summed E-state index contributed by atoms with van der Waals surface area (Å²) in [6.45, 7) is 4.17. The number of ether oxygens (including phenoxy) is 2. The van der Waals surface area contributed by atoms with Gasteiger partial charge < -0.3 is 14.6 Å². The zero-order valence-corrected chi connectivity index (χ0v) is 22.3. The fourth-order valence-electron chi connectivity index (χ4n) is 5.05. The van der Waals surface area contributed by atoms with Gasteiger partial charge in [-0.05, 0) is 86.6 Å².